The van der Waals surface area contributed by atoms with Gasteiger partial charge in [-0.15, -0.1) is 0 Å². The highest BCUT2D eigenvalue weighted by molar-refractivity contribution is 5.92. The first-order chi connectivity index (χ1) is 13.1. The number of fused-ring (bicyclic) bond motifs is 1. The summed E-state index contributed by atoms with van der Waals surface area (Å²) in [4.78, 5) is 28.3. The van der Waals surface area contributed by atoms with E-state index in [4.69, 9.17) is 0 Å². The third-order valence-electron chi connectivity index (χ3n) is 4.72. The number of rotatable bonds is 6. The average molecular weight is 361 g/mol. The molecule has 0 bridgehead atoms. The van der Waals surface area contributed by atoms with Crippen LogP contribution in [0.15, 0.2) is 48.9 Å². The SMILES string of the molecule is CN(C)c1ncc(/C=C/C(=O)N(Cc2ccc3[nH]ccc3c2)C2CC2)cn1. The topological polar surface area (TPSA) is 65.1 Å². The number of carbonyl (C=O) groups excluding carboxylic acids is 1. The van der Waals surface area contributed by atoms with E-state index in [9.17, 15) is 4.79 Å². The second-order valence-electron chi connectivity index (χ2n) is 7.14. The van der Waals surface area contributed by atoms with Crippen molar-refractivity contribution in [2.24, 2.45) is 0 Å². The first-order valence-electron chi connectivity index (χ1n) is 9.14. The molecule has 1 aromatic carbocycles. The summed E-state index contributed by atoms with van der Waals surface area (Å²) in [5.74, 6) is 0.682. The normalized spacial score (nSPS) is 14.0. The standard InChI is InChI=1S/C21H23N5O/c1-25(2)21-23-12-16(13-24-21)4-8-20(27)26(18-5-6-18)14-15-3-7-19-17(11-15)9-10-22-19/h3-4,7-13,18,22H,5-6,14H2,1-2H3/b8-4+. The van der Waals surface area contributed by atoms with Crippen molar-refractivity contribution in [3.05, 3.63) is 60.1 Å². The zero-order chi connectivity index (χ0) is 18.8. The van der Waals surface area contributed by atoms with Crippen molar-refractivity contribution in [2.45, 2.75) is 25.4 Å². The van der Waals surface area contributed by atoms with Crippen LogP contribution in [0.25, 0.3) is 17.0 Å². The highest BCUT2D eigenvalue weighted by Gasteiger charge is 2.31. The average Bonchev–Trinajstić information content (AvgIpc) is 3.41. The first-order valence-corrected chi connectivity index (χ1v) is 9.14. The summed E-state index contributed by atoms with van der Waals surface area (Å²) in [6.07, 6.45) is 11.0. The Morgan fingerprint density at radius 3 is 2.70 bits per heavy atom. The molecule has 27 heavy (non-hydrogen) atoms. The number of amides is 1. The minimum absolute atomic E-state index is 0.0309. The Labute approximate surface area is 158 Å². The molecule has 6 heteroatoms. The van der Waals surface area contributed by atoms with Gasteiger partial charge < -0.3 is 14.8 Å². The number of aromatic nitrogens is 3. The maximum atomic E-state index is 12.8. The van der Waals surface area contributed by atoms with E-state index >= 15 is 0 Å². The molecule has 1 amide bonds. The third-order valence-corrected chi connectivity index (χ3v) is 4.72. The zero-order valence-corrected chi connectivity index (χ0v) is 15.6. The molecule has 0 saturated heterocycles. The molecule has 1 fully saturated rings. The molecule has 2 heterocycles. The van der Waals surface area contributed by atoms with Crippen molar-refractivity contribution >= 4 is 28.8 Å². The molecule has 0 radical (unpaired) electrons. The summed E-state index contributed by atoms with van der Waals surface area (Å²) in [5.41, 5.74) is 3.08. The number of nitrogens with one attached hydrogen (secondary N) is 1. The van der Waals surface area contributed by atoms with Crippen LogP contribution in [0.5, 0.6) is 0 Å². The maximum Gasteiger partial charge on any atom is 0.247 e. The van der Waals surface area contributed by atoms with Gasteiger partial charge in [0.1, 0.15) is 0 Å². The van der Waals surface area contributed by atoms with Gasteiger partial charge in [0, 0.05) is 62.4 Å². The first kappa shape index (κ1) is 17.3. The number of nitrogens with zero attached hydrogens (tertiary/aromatic N) is 4. The van der Waals surface area contributed by atoms with E-state index < -0.39 is 0 Å². The van der Waals surface area contributed by atoms with Crippen LogP contribution in [-0.4, -0.2) is 45.9 Å². The van der Waals surface area contributed by atoms with E-state index in [0.717, 1.165) is 29.5 Å². The van der Waals surface area contributed by atoms with Gasteiger partial charge >= 0.3 is 0 Å². The summed E-state index contributed by atoms with van der Waals surface area (Å²) in [7, 11) is 3.79. The van der Waals surface area contributed by atoms with E-state index in [1.165, 1.54) is 5.39 Å². The van der Waals surface area contributed by atoms with Gasteiger partial charge in [0.25, 0.3) is 0 Å². The number of benzene rings is 1. The van der Waals surface area contributed by atoms with Gasteiger partial charge in [0.05, 0.1) is 0 Å². The van der Waals surface area contributed by atoms with E-state index in [1.807, 2.05) is 30.1 Å². The highest BCUT2D eigenvalue weighted by Crippen LogP contribution is 2.29. The molecule has 3 aromatic rings. The van der Waals surface area contributed by atoms with Gasteiger partial charge in [0.15, 0.2) is 0 Å². The van der Waals surface area contributed by atoms with Gasteiger partial charge in [-0.05, 0) is 48.1 Å². The number of hydrogen-bond acceptors (Lipinski definition) is 4. The lowest BCUT2D eigenvalue weighted by atomic mass is 10.1. The highest BCUT2D eigenvalue weighted by atomic mass is 16.2. The van der Waals surface area contributed by atoms with E-state index in [0.29, 0.717) is 18.5 Å². The van der Waals surface area contributed by atoms with Gasteiger partial charge in [-0.3, -0.25) is 4.79 Å². The van der Waals surface area contributed by atoms with Gasteiger partial charge in [0.2, 0.25) is 11.9 Å². The fourth-order valence-corrected chi connectivity index (χ4v) is 3.08. The van der Waals surface area contributed by atoms with Crippen molar-refractivity contribution in [2.75, 3.05) is 19.0 Å². The van der Waals surface area contributed by atoms with E-state index in [1.54, 1.807) is 24.5 Å². The number of hydrogen-bond donors (Lipinski definition) is 1. The Kier molecular flexibility index (Phi) is 4.62. The molecule has 2 aromatic heterocycles. The monoisotopic (exact) mass is 361 g/mol. The Balaban J connectivity index is 1.47. The number of carbonyl (C=O) groups is 1. The smallest absolute Gasteiger partial charge is 0.247 e. The number of aromatic amines is 1. The van der Waals surface area contributed by atoms with Crippen molar-refractivity contribution < 1.29 is 4.79 Å². The molecule has 1 aliphatic carbocycles. The van der Waals surface area contributed by atoms with Crippen molar-refractivity contribution in [3.8, 4) is 0 Å². The lowest BCUT2D eigenvalue weighted by Crippen LogP contribution is -2.31. The quantitative estimate of drug-likeness (QED) is 0.685. The minimum atomic E-state index is 0.0309. The Bertz CT molecular complexity index is 970. The molecule has 0 spiro atoms. The Morgan fingerprint density at radius 2 is 2.00 bits per heavy atom. The summed E-state index contributed by atoms with van der Waals surface area (Å²) in [6.45, 7) is 0.630. The maximum absolute atomic E-state index is 12.8. The third kappa shape index (κ3) is 4.00. The van der Waals surface area contributed by atoms with Crippen molar-refractivity contribution in [1.82, 2.24) is 19.9 Å². The van der Waals surface area contributed by atoms with Crippen LogP contribution < -0.4 is 4.90 Å². The van der Waals surface area contributed by atoms with E-state index in [2.05, 4.69) is 39.2 Å². The molecular formula is C21H23N5O. The summed E-state index contributed by atoms with van der Waals surface area (Å²) in [6, 6.07) is 8.70. The predicted molar refractivity (Wildman–Crippen MR) is 107 cm³/mol. The van der Waals surface area contributed by atoms with Crippen LogP contribution in [0.3, 0.4) is 0 Å². The lowest BCUT2D eigenvalue weighted by Gasteiger charge is -2.21. The zero-order valence-electron chi connectivity index (χ0n) is 15.6. The van der Waals surface area contributed by atoms with Crippen LogP contribution in [0.2, 0.25) is 0 Å². The molecule has 1 saturated carbocycles. The van der Waals surface area contributed by atoms with Gasteiger partial charge in [-0.1, -0.05) is 6.07 Å². The fourth-order valence-electron chi connectivity index (χ4n) is 3.08. The van der Waals surface area contributed by atoms with Crippen LogP contribution in [0, 0.1) is 0 Å². The second kappa shape index (κ2) is 7.23. The van der Waals surface area contributed by atoms with Crippen LogP contribution in [0.4, 0.5) is 5.95 Å². The van der Waals surface area contributed by atoms with Gasteiger partial charge in [-0.2, -0.15) is 0 Å². The molecule has 6 nitrogen and oxygen atoms in total. The number of anilines is 1. The number of H-pyrrole nitrogens is 1. The van der Waals surface area contributed by atoms with Crippen molar-refractivity contribution in [3.63, 3.8) is 0 Å². The minimum Gasteiger partial charge on any atom is -0.361 e. The molecule has 0 unspecified atom stereocenters. The molecule has 0 aliphatic heterocycles. The largest absolute Gasteiger partial charge is 0.361 e. The summed E-state index contributed by atoms with van der Waals surface area (Å²) in [5, 5.41) is 1.17. The molecule has 1 aliphatic rings. The molecule has 4 rings (SSSR count). The Morgan fingerprint density at radius 1 is 1.22 bits per heavy atom. The van der Waals surface area contributed by atoms with Crippen molar-refractivity contribution in [1.29, 1.82) is 0 Å². The fraction of sp³-hybridized carbons (Fsp3) is 0.286. The molecule has 1 N–H and O–H groups in total. The van der Waals surface area contributed by atoms with E-state index in [-0.39, 0.29) is 5.91 Å². The Hall–Kier alpha value is -3.15. The summed E-state index contributed by atoms with van der Waals surface area (Å²) < 4.78 is 0. The molecule has 0 atom stereocenters. The molecule has 138 valence electrons. The lowest BCUT2D eigenvalue weighted by molar-refractivity contribution is -0.127. The van der Waals surface area contributed by atoms with Crippen LogP contribution in [-0.2, 0) is 11.3 Å². The second-order valence-corrected chi connectivity index (χ2v) is 7.14. The van der Waals surface area contributed by atoms with Gasteiger partial charge in [-0.25, -0.2) is 9.97 Å². The van der Waals surface area contributed by atoms with Crippen LogP contribution in [0.1, 0.15) is 24.0 Å². The molecular weight excluding hydrogens is 338 g/mol. The van der Waals surface area contributed by atoms with Crippen LogP contribution >= 0.6 is 0 Å². The summed E-state index contributed by atoms with van der Waals surface area (Å²) >= 11 is 0. The predicted octanol–water partition coefficient (Wildman–Crippen LogP) is 3.23.